The number of aliphatic imine (C=N–C) groups is 1. The minimum Gasteiger partial charge on any atom is -0.378 e. The number of benzene rings is 3. The molecule has 2 aliphatic rings. The largest absolute Gasteiger partial charge is 0.378 e. The Hall–Kier alpha value is -3.13. The van der Waals surface area contributed by atoms with Gasteiger partial charge in [-0.15, -0.1) is 0 Å². The van der Waals surface area contributed by atoms with Gasteiger partial charge in [-0.25, -0.2) is 0 Å². The average molecular weight is 364 g/mol. The van der Waals surface area contributed by atoms with Gasteiger partial charge >= 0.3 is 0 Å². The van der Waals surface area contributed by atoms with Crippen LogP contribution in [0.3, 0.4) is 0 Å². The van der Waals surface area contributed by atoms with Crippen molar-refractivity contribution < 1.29 is 0 Å². The van der Waals surface area contributed by atoms with Crippen molar-refractivity contribution in [2.75, 3.05) is 5.32 Å². The molecule has 0 radical (unpaired) electrons. The molecule has 0 saturated carbocycles. The van der Waals surface area contributed by atoms with Crippen molar-refractivity contribution >= 4 is 17.6 Å². The first-order valence-corrected chi connectivity index (χ1v) is 10.0. The number of nitrogens with zero attached hydrogens (tertiary/aromatic N) is 1. The highest BCUT2D eigenvalue weighted by Crippen LogP contribution is 2.49. The summed E-state index contributed by atoms with van der Waals surface area (Å²) in [5.41, 5.74) is 7.49. The number of hydrogen-bond donors (Lipinski definition) is 1. The number of hydrogen-bond acceptors (Lipinski definition) is 2. The Balaban J connectivity index is 1.40. The number of allylic oxidation sites excluding steroid dienone is 2. The molecule has 0 bridgehead atoms. The smallest absolute Gasteiger partial charge is 0.0630 e. The lowest BCUT2D eigenvalue weighted by Gasteiger charge is -2.37. The zero-order valence-electron chi connectivity index (χ0n) is 16.0. The van der Waals surface area contributed by atoms with E-state index in [1.807, 2.05) is 24.4 Å². The van der Waals surface area contributed by atoms with Gasteiger partial charge in [0.15, 0.2) is 0 Å². The second-order valence-electron chi connectivity index (χ2n) is 7.83. The Morgan fingerprint density at radius 2 is 1.79 bits per heavy atom. The summed E-state index contributed by atoms with van der Waals surface area (Å²) in [5.74, 6) is 1.09. The Kier molecular flexibility index (Phi) is 4.32. The predicted octanol–water partition coefficient (Wildman–Crippen LogP) is 6.57. The maximum Gasteiger partial charge on any atom is 0.0630 e. The lowest BCUT2D eigenvalue weighted by molar-refractivity contribution is 0.425. The zero-order valence-corrected chi connectivity index (χ0v) is 16.0. The van der Waals surface area contributed by atoms with Crippen molar-refractivity contribution in [3.05, 3.63) is 107 Å². The first-order valence-electron chi connectivity index (χ1n) is 10.0. The quantitative estimate of drug-likeness (QED) is 0.412. The molecule has 0 aromatic heterocycles. The fraction of sp³-hybridized carbons (Fsp3) is 0.192. The Morgan fingerprint density at radius 1 is 0.964 bits per heavy atom. The van der Waals surface area contributed by atoms with Gasteiger partial charge in [0.25, 0.3) is 0 Å². The van der Waals surface area contributed by atoms with Crippen LogP contribution in [0.5, 0.6) is 0 Å². The lowest BCUT2D eigenvalue weighted by atomic mass is 9.76. The molecule has 3 aromatic carbocycles. The molecule has 0 fully saturated rings. The topological polar surface area (TPSA) is 24.4 Å². The number of rotatable bonds is 3. The van der Waals surface area contributed by atoms with E-state index in [1.54, 1.807) is 0 Å². The summed E-state index contributed by atoms with van der Waals surface area (Å²) in [5, 5.41) is 3.81. The van der Waals surface area contributed by atoms with E-state index >= 15 is 0 Å². The average Bonchev–Trinajstić information content (AvgIpc) is 3.23. The normalized spacial score (nSPS) is 22.7. The van der Waals surface area contributed by atoms with Crippen LogP contribution in [0.25, 0.3) is 0 Å². The molecule has 1 N–H and O–H groups in total. The van der Waals surface area contributed by atoms with Crippen molar-refractivity contribution in [2.45, 2.75) is 25.3 Å². The van der Waals surface area contributed by atoms with E-state index in [9.17, 15) is 0 Å². The summed E-state index contributed by atoms with van der Waals surface area (Å²) >= 11 is 0. The minimum absolute atomic E-state index is 0.336. The van der Waals surface area contributed by atoms with Crippen LogP contribution in [0, 0.1) is 12.8 Å². The van der Waals surface area contributed by atoms with Gasteiger partial charge in [0.2, 0.25) is 0 Å². The molecule has 5 rings (SSSR count). The Morgan fingerprint density at radius 3 is 2.61 bits per heavy atom. The first-order chi connectivity index (χ1) is 13.8. The summed E-state index contributed by atoms with van der Waals surface area (Å²) in [6, 6.07) is 26.0. The van der Waals surface area contributed by atoms with Gasteiger partial charge in [-0.2, -0.15) is 0 Å². The number of fused-ring (bicyclic) bond motifs is 3. The second kappa shape index (κ2) is 7.12. The highest BCUT2D eigenvalue weighted by atomic mass is 15.0. The van der Waals surface area contributed by atoms with Gasteiger partial charge in [0, 0.05) is 17.8 Å². The molecule has 0 amide bonds. The maximum atomic E-state index is 4.62. The highest BCUT2D eigenvalue weighted by molar-refractivity contribution is 5.81. The van der Waals surface area contributed by atoms with Gasteiger partial charge in [-0.05, 0) is 54.2 Å². The maximum absolute atomic E-state index is 4.62. The zero-order chi connectivity index (χ0) is 18.9. The molecule has 0 saturated heterocycles. The monoisotopic (exact) mass is 364 g/mol. The van der Waals surface area contributed by atoms with E-state index in [0.717, 1.165) is 17.7 Å². The van der Waals surface area contributed by atoms with Crippen LogP contribution in [0.4, 0.5) is 11.4 Å². The van der Waals surface area contributed by atoms with Crippen LogP contribution in [0.1, 0.15) is 40.6 Å². The molecule has 1 heterocycles. The van der Waals surface area contributed by atoms with Crippen molar-refractivity contribution in [3.63, 3.8) is 0 Å². The van der Waals surface area contributed by atoms with E-state index in [-0.39, 0.29) is 0 Å². The van der Waals surface area contributed by atoms with E-state index in [0.29, 0.717) is 17.9 Å². The summed E-state index contributed by atoms with van der Waals surface area (Å²) in [7, 11) is 0. The third kappa shape index (κ3) is 3.16. The van der Waals surface area contributed by atoms with Gasteiger partial charge < -0.3 is 5.32 Å². The number of nitrogens with one attached hydrogen (secondary N) is 1. The van der Waals surface area contributed by atoms with Crippen molar-refractivity contribution in [1.82, 2.24) is 0 Å². The van der Waals surface area contributed by atoms with E-state index in [4.69, 9.17) is 0 Å². The van der Waals surface area contributed by atoms with E-state index in [2.05, 4.69) is 84.0 Å². The summed E-state index contributed by atoms with van der Waals surface area (Å²) in [6.45, 7) is 2.18. The third-order valence-electron chi connectivity index (χ3n) is 5.93. The first kappa shape index (κ1) is 17.0. The van der Waals surface area contributed by atoms with Crippen LogP contribution in [0.2, 0.25) is 0 Å². The molecular formula is C26H24N2. The minimum atomic E-state index is 0.336. The fourth-order valence-corrected chi connectivity index (χ4v) is 4.50. The highest BCUT2D eigenvalue weighted by Gasteiger charge is 2.37. The molecule has 28 heavy (non-hydrogen) atoms. The van der Waals surface area contributed by atoms with Gasteiger partial charge in [0.1, 0.15) is 0 Å². The Labute approximate surface area is 166 Å². The van der Waals surface area contributed by atoms with Crippen LogP contribution >= 0.6 is 0 Å². The van der Waals surface area contributed by atoms with E-state index < -0.39 is 0 Å². The summed E-state index contributed by atoms with van der Waals surface area (Å²) < 4.78 is 0. The molecule has 3 atom stereocenters. The lowest BCUT2D eigenvalue weighted by Crippen LogP contribution is -2.29. The summed E-state index contributed by atoms with van der Waals surface area (Å²) in [4.78, 5) is 4.62. The molecule has 2 heteroatoms. The standard InChI is InChI=1S/C26H24N2/c1-18-10-15-25-24(16-18)22-8-5-9-23(22)26(28-25)20-11-13-21(14-12-20)27-17-19-6-3-2-4-7-19/h2-8,10-17,22-23,26,28H,9H2,1H3/t22-,23+,26-/m1/s1. The molecule has 1 aliphatic heterocycles. The number of anilines is 1. The molecular weight excluding hydrogens is 340 g/mol. The van der Waals surface area contributed by atoms with Crippen molar-refractivity contribution in [3.8, 4) is 0 Å². The van der Waals surface area contributed by atoms with Crippen LogP contribution < -0.4 is 5.32 Å². The predicted molar refractivity (Wildman–Crippen MR) is 118 cm³/mol. The molecule has 0 spiro atoms. The molecule has 3 aromatic rings. The Bertz CT molecular complexity index is 1030. The van der Waals surface area contributed by atoms with Crippen LogP contribution in [-0.2, 0) is 0 Å². The molecule has 0 unspecified atom stereocenters. The van der Waals surface area contributed by atoms with Gasteiger partial charge in [0.05, 0.1) is 11.7 Å². The SMILES string of the molecule is Cc1ccc2c(c1)[C@@H]1C=CC[C@@H]1[C@@H](c1ccc(N=Cc3ccccc3)cc1)N2. The van der Waals surface area contributed by atoms with E-state index in [1.165, 1.54) is 22.4 Å². The summed E-state index contributed by atoms with van der Waals surface area (Å²) in [6.07, 6.45) is 7.79. The van der Waals surface area contributed by atoms with Gasteiger partial charge in [-0.1, -0.05) is 72.3 Å². The van der Waals surface area contributed by atoms with Crippen molar-refractivity contribution in [1.29, 1.82) is 0 Å². The van der Waals surface area contributed by atoms with Crippen molar-refractivity contribution in [2.24, 2.45) is 10.9 Å². The van der Waals surface area contributed by atoms with Gasteiger partial charge in [-0.3, -0.25) is 4.99 Å². The molecule has 138 valence electrons. The van der Waals surface area contributed by atoms with Crippen LogP contribution in [-0.4, -0.2) is 6.21 Å². The van der Waals surface area contributed by atoms with Crippen LogP contribution in [0.15, 0.2) is 89.9 Å². The number of aryl methyl sites for hydroxylation is 1. The molecule has 2 nitrogen and oxygen atoms in total. The third-order valence-corrected chi connectivity index (χ3v) is 5.93. The molecule has 1 aliphatic carbocycles. The second-order valence-corrected chi connectivity index (χ2v) is 7.83. The fourth-order valence-electron chi connectivity index (χ4n) is 4.50.